The van der Waals surface area contributed by atoms with Crippen LogP contribution < -0.4 is 10.1 Å². The van der Waals surface area contributed by atoms with Crippen molar-refractivity contribution in [1.82, 2.24) is 10.2 Å². The fraction of sp³-hybridized carbons (Fsp3) is 0.650. The standard InChI is InChI=1S/C20H28F2N2O2/c21-20(22)26-17-9-7-15(8-10-17)11-12-23-19(25)14-24-13-3-5-16-4-1-2-6-18(16)24/h7-10,16,18,20H,1-6,11-14H2,(H,23,25). The van der Waals surface area contributed by atoms with Gasteiger partial charge in [0.1, 0.15) is 5.75 Å². The maximum Gasteiger partial charge on any atom is 0.387 e. The highest BCUT2D eigenvalue weighted by Gasteiger charge is 2.33. The van der Waals surface area contributed by atoms with Gasteiger partial charge >= 0.3 is 6.61 Å². The topological polar surface area (TPSA) is 41.6 Å². The quantitative estimate of drug-likeness (QED) is 0.802. The Bertz CT molecular complexity index is 578. The fourth-order valence-corrected chi connectivity index (χ4v) is 4.35. The van der Waals surface area contributed by atoms with Gasteiger partial charge in [-0.1, -0.05) is 25.0 Å². The van der Waals surface area contributed by atoms with Gasteiger partial charge in [-0.05, 0) is 62.3 Å². The Labute approximate surface area is 153 Å². The lowest BCUT2D eigenvalue weighted by atomic mass is 9.78. The second-order valence-electron chi connectivity index (χ2n) is 7.35. The van der Waals surface area contributed by atoms with E-state index in [1.807, 2.05) is 0 Å². The molecule has 1 aliphatic carbocycles. The van der Waals surface area contributed by atoms with E-state index in [1.165, 1.54) is 50.7 Å². The fourth-order valence-electron chi connectivity index (χ4n) is 4.35. The second kappa shape index (κ2) is 9.31. The number of rotatable bonds is 7. The molecule has 0 bridgehead atoms. The summed E-state index contributed by atoms with van der Waals surface area (Å²) in [4.78, 5) is 14.7. The van der Waals surface area contributed by atoms with Crippen LogP contribution in [-0.2, 0) is 11.2 Å². The maximum absolute atomic E-state index is 12.3. The van der Waals surface area contributed by atoms with Crippen LogP contribution in [0, 0.1) is 5.92 Å². The van der Waals surface area contributed by atoms with Crippen LogP contribution in [0.5, 0.6) is 5.75 Å². The van der Waals surface area contributed by atoms with E-state index in [0.29, 0.717) is 25.6 Å². The molecule has 1 saturated heterocycles. The average Bonchev–Trinajstić information content (AvgIpc) is 2.63. The molecule has 2 atom stereocenters. The number of halogens is 2. The number of benzene rings is 1. The molecule has 1 N–H and O–H groups in total. The van der Waals surface area contributed by atoms with E-state index in [-0.39, 0.29) is 11.7 Å². The first-order valence-corrected chi connectivity index (χ1v) is 9.66. The predicted octanol–water partition coefficient (Wildman–Crippen LogP) is 3.60. The number of nitrogens with zero attached hydrogens (tertiary/aromatic N) is 1. The second-order valence-corrected chi connectivity index (χ2v) is 7.35. The van der Waals surface area contributed by atoms with Crippen molar-refractivity contribution in [2.45, 2.75) is 57.6 Å². The van der Waals surface area contributed by atoms with Gasteiger partial charge in [-0.15, -0.1) is 0 Å². The SMILES string of the molecule is O=C(CN1CCCC2CCCCC21)NCCc1ccc(OC(F)F)cc1. The van der Waals surface area contributed by atoms with Crippen LogP contribution in [-0.4, -0.2) is 43.1 Å². The molecule has 0 aromatic heterocycles. The Hall–Kier alpha value is -1.69. The summed E-state index contributed by atoms with van der Waals surface area (Å²) in [5.74, 6) is 1.01. The number of piperidine rings is 1. The lowest BCUT2D eigenvalue weighted by Crippen LogP contribution is -2.50. The largest absolute Gasteiger partial charge is 0.435 e. The average molecular weight is 366 g/mol. The van der Waals surface area contributed by atoms with E-state index in [0.717, 1.165) is 18.0 Å². The smallest absolute Gasteiger partial charge is 0.387 e. The van der Waals surface area contributed by atoms with Gasteiger partial charge in [0.05, 0.1) is 6.54 Å². The molecule has 0 radical (unpaired) electrons. The van der Waals surface area contributed by atoms with Crippen LogP contribution in [0.4, 0.5) is 8.78 Å². The van der Waals surface area contributed by atoms with E-state index in [9.17, 15) is 13.6 Å². The Kier molecular flexibility index (Phi) is 6.83. The molecular formula is C20H28F2N2O2. The number of nitrogens with one attached hydrogen (secondary N) is 1. The van der Waals surface area contributed by atoms with E-state index in [1.54, 1.807) is 12.1 Å². The lowest BCUT2D eigenvalue weighted by Gasteiger charge is -2.43. The van der Waals surface area contributed by atoms with Gasteiger partial charge in [-0.2, -0.15) is 8.78 Å². The summed E-state index contributed by atoms with van der Waals surface area (Å²) in [5.41, 5.74) is 0.984. The minimum absolute atomic E-state index is 0.0777. The number of carbonyl (C=O) groups is 1. The van der Waals surface area contributed by atoms with E-state index >= 15 is 0 Å². The van der Waals surface area contributed by atoms with E-state index < -0.39 is 6.61 Å². The van der Waals surface area contributed by atoms with E-state index in [4.69, 9.17) is 0 Å². The van der Waals surface area contributed by atoms with Crippen molar-refractivity contribution in [2.75, 3.05) is 19.6 Å². The Morgan fingerprint density at radius 1 is 1.15 bits per heavy atom. The summed E-state index contributed by atoms with van der Waals surface area (Å²) < 4.78 is 28.6. The monoisotopic (exact) mass is 366 g/mol. The van der Waals surface area contributed by atoms with Gasteiger partial charge in [-0.25, -0.2) is 0 Å². The highest BCUT2D eigenvalue weighted by Crippen LogP contribution is 2.34. The van der Waals surface area contributed by atoms with Gasteiger partial charge < -0.3 is 10.1 Å². The third kappa shape index (κ3) is 5.40. The normalized spacial score (nSPS) is 23.5. The highest BCUT2D eigenvalue weighted by atomic mass is 19.3. The molecule has 3 rings (SSSR count). The molecule has 2 unspecified atom stereocenters. The summed E-state index contributed by atoms with van der Waals surface area (Å²) in [6.45, 7) is -0.739. The summed E-state index contributed by atoms with van der Waals surface area (Å²) in [6.07, 6.45) is 8.34. The first-order valence-electron chi connectivity index (χ1n) is 9.66. The number of amides is 1. The molecule has 26 heavy (non-hydrogen) atoms. The number of hydrogen-bond acceptors (Lipinski definition) is 3. The molecule has 6 heteroatoms. The van der Waals surface area contributed by atoms with E-state index in [2.05, 4.69) is 15.0 Å². The first-order chi connectivity index (χ1) is 12.6. The maximum atomic E-state index is 12.3. The molecule has 1 amide bonds. The van der Waals surface area contributed by atoms with Crippen molar-refractivity contribution in [3.8, 4) is 5.75 Å². The lowest BCUT2D eigenvalue weighted by molar-refractivity contribution is -0.123. The summed E-state index contributed by atoms with van der Waals surface area (Å²) in [7, 11) is 0. The van der Waals surface area contributed by atoms with Crippen molar-refractivity contribution in [3.05, 3.63) is 29.8 Å². The first kappa shape index (κ1) is 19.1. The van der Waals surface area contributed by atoms with Crippen LogP contribution in [0.15, 0.2) is 24.3 Å². The molecule has 2 fully saturated rings. The summed E-state index contributed by atoms with van der Waals surface area (Å²) in [5, 5.41) is 2.99. The summed E-state index contributed by atoms with van der Waals surface area (Å²) >= 11 is 0. The molecule has 1 heterocycles. The van der Waals surface area contributed by atoms with Gasteiger partial charge in [-0.3, -0.25) is 9.69 Å². The van der Waals surface area contributed by atoms with Crippen LogP contribution in [0.2, 0.25) is 0 Å². The number of alkyl halides is 2. The number of carbonyl (C=O) groups excluding carboxylic acids is 1. The molecule has 2 aliphatic rings. The molecule has 1 saturated carbocycles. The highest BCUT2D eigenvalue weighted by molar-refractivity contribution is 5.78. The molecule has 144 valence electrons. The van der Waals surface area contributed by atoms with Crippen molar-refractivity contribution in [2.24, 2.45) is 5.92 Å². The zero-order valence-electron chi connectivity index (χ0n) is 15.1. The molecule has 1 aromatic rings. The minimum Gasteiger partial charge on any atom is -0.435 e. The third-order valence-corrected chi connectivity index (χ3v) is 5.59. The van der Waals surface area contributed by atoms with Gasteiger partial charge in [0.25, 0.3) is 0 Å². The molecular weight excluding hydrogens is 338 g/mol. The van der Waals surface area contributed by atoms with Gasteiger partial charge in [0.2, 0.25) is 5.91 Å². The van der Waals surface area contributed by atoms with Crippen LogP contribution in [0.1, 0.15) is 44.1 Å². The number of likely N-dealkylation sites (tertiary alicyclic amines) is 1. The van der Waals surface area contributed by atoms with Crippen LogP contribution in [0.3, 0.4) is 0 Å². The van der Waals surface area contributed by atoms with Crippen molar-refractivity contribution >= 4 is 5.91 Å². The van der Waals surface area contributed by atoms with Crippen molar-refractivity contribution in [3.63, 3.8) is 0 Å². The molecule has 0 spiro atoms. The minimum atomic E-state index is -2.81. The summed E-state index contributed by atoms with van der Waals surface area (Å²) in [6, 6.07) is 7.15. The Balaban J connectivity index is 1.40. The zero-order chi connectivity index (χ0) is 18.4. The number of ether oxygens (including phenoxy) is 1. The van der Waals surface area contributed by atoms with Crippen molar-refractivity contribution in [1.29, 1.82) is 0 Å². The van der Waals surface area contributed by atoms with Gasteiger partial charge in [0.15, 0.2) is 0 Å². The van der Waals surface area contributed by atoms with Crippen LogP contribution >= 0.6 is 0 Å². The number of hydrogen-bond donors (Lipinski definition) is 1. The number of fused-ring (bicyclic) bond motifs is 1. The molecule has 1 aliphatic heterocycles. The molecule has 1 aromatic carbocycles. The van der Waals surface area contributed by atoms with Crippen molar-refractivity contribution < 1.29 is 18.3 Å². The molecule has 4 nitrogen and oxygen atoms in total. The zero-order valence-corrected chi connectivity index (χ0v) is 15.1. The Morgan fingerprint density at radius 3 is 2.65 bits per heavy atom. The predicted molar refractivity (Wildman–Crippen MR) is 96.3 cm³/mol. The van der Waals surface area contributed by atoms with Gasteiger partial charge in [0, 0.05) is 12.6 Å². The van der Waals surface area contributed by atoms with Crippen LogP contribution in [0.25, 0.3) is 0 Å². The Morgan fingerprint density at radius 2 is 1.88 bits per heavy atom. The third-order valence-electron chi connectivity index (χ3n) is 5.59.